The van der Waals surface area contributed by atoms with E-state index >= 15 is 0 Å². The first-order valence-electron chi connectivity index (χ1n) is 6.47. The molecule has 3 atom stereocenters. The van der Waals surface area contributed by atoms with Crippen molar-refractivity contribution < 1.29 is 10.0 Å². The predicted octanol–water partition coefficient (Wildman–Crippen LogP) is 3.45. The van der Waals surface area contributed by atoms with Gasteiger partial charge < -0.3 is 0 Å². The molecule has 0 radical (unpaired) electrons. The molecule has 102 valence electrons. The van der Waals surface area contributed by atoms with Crippen molar-refractivity contribution in [3.05, 3.63) is 70.2 Å². The van der Waals surface area contributed by atoms with Crippen LogP contribution in [0, 0.1) is 5.92 Å². The first kappa shape index (κ1) is 13.3. The van der Waals surface area contributed by atoms with E-state index in [9.17, 15) is 4.79 Å². The average Bonchev–Trinajstić information content (AvgIpc) is 3.23. The molecule has 1 aliphatic rings. The smallest absolute Gasteiger partial charge is 0.247 e. The second-order valence-corrected chi connectivity index (χ2v) is 5.84. The molecule has 3 nitrogen and oxygen atoms in total. The fraction of sp³-hybridized carbons (Fsp3) is 0.188. The Morgan fingerprint density at radius 3 is 2.30 bits per heavy atom. The molecular formula is C16H14BrNO2. The number of halogens is 1. The molecule has 1 saturated carbocycles. The van der Waals surface area contributed by atoms with Crippen molar-refractivity contribution in [2.75, 3.05) is 0 Å². The summed E-state index contributed by atoms with van der Waals surface area (Å²) in [5, 5.41) is 8.93. The SMILES string of the molecule is O=C(NO)[C@@H]1[C@H](c2ccccc2)[C@H]1c1ccccc1Br. The lowest BCUT2D eigenvalue weighted by Crippen LogP contribution is -2.21. The van der Waals surface area contributed by atoms with Crippen molar-refractivity contribution in [1.82, 2.24) is 5.48 Å². The third-order valence-corrected chi connectivity index (χ3v) is 4.60. The summed E-state index contributed by atoms with van der Waals surface area (Å²) >= 11 is 3.54. The van der Waals surface area contributed by atoms with Crippen molar-refractivity contribution in [1.29, 1.82) is 0 Å². The molecule has 2 aromatic carbocycles. The van der Waals surface area contributed by atoms with Gasteiger partial charge in [0.25, 0.3) is 0 Å². The monoisotopic (exact) mass is 331 g/mol. The minimum absolute atomic E-state index is 0.0973. The van der Waals surface area contributed by atoms with Gasteiger partial charge in [-0.05, 0) is 17.2 Å². The van der Waals surface area contributed by atoms with E-state index in [0.717, 1.165) is 15.6 Å². The molecule has 3 rings (SSSR count). The fourth-order valence-electron chi connectivity index (χ4n) is 2.93. The molecule has 2 N–H and O–H groups in total. The molecule has 0 aliphatic heterocycles. The van der Waals surface area contributed by atoms with E-state index in [1.165, 1.54) is 0 Å². The zero-order valence-electron chi connectivity index (χ0n) is 10.7. The standard InChI is InChI=1S/C16H14BrNO2/c17-12-9-5-4-8-11(12)14-13(15(14)16(19)18-20)10-6-2-1-3-7-10/h1-9,13-15,20H,(H,18,19)/t13-,14-,15-/m1/s1. The van der Waals surface area contributed by atoms with Crippen LogP contribution >= 0.6 is 15.9 Å². The molecule has 0 bridgehead atoms. The van der Waals surface area contributed by atoms with Crippen LogP contribution in [0.2, 0.25) is 0 Å². The summed E-state index contributed by atoms with van der Waals surface area (Å²) in [6.45, 7) is 0. The largest absolute Gasteiger partial charge is 0.289 e. The highest BCUT2D eigenvalue weighted by Crippen LogP contribution is 2.61. The lowest BCUT2D eigenvalue weighted by atomic mass is 10.0. The summed E-state index contributed by atoms with van der Waals surface area (Å²) < 4.78 is 0.999. The zero-order valence-corrected chi connectivity index (χ0v) is 12.2. The van der Waals surface area contributed by atoms with Gasteiger partial charge in [-0.25, -0.2) is 5.48 Å². The lowest BCUT2D eigenvalue weighted by molar-refractivity contribution is -0.130. The van der Waals surface area contributed by atoms with Crippen molar-refractivity contribution >= 4 is 21.8 Å². The van der Waals surface area contributed by atoms with E-state index in [4.69, 9.17) is 5.21 Å². The maximum absolute atomic E-state index is 11.9. The Hall–Kier alpha value is -1.65. The third kappa shape index (κ3) is 2.25. The predicted molar refractivity (Wildman–Crippen MR) is 79.5 cm³/mol. The molecular weight excluding hydrogens is 318 g/mol. The van der Waals surface area contributed by atoms with Crippen LogP contribution in [0.3, 0.4) is 0 Å². The number of amides is 1. The van der Waals surface area contributed by atoms with Crippen LogP contribution in [0.5, 0.6) is 0 Å². The third-order valence-electron chi connectivity index (χ3n) is 3.88. The summed E-state index contributed by atoms with van der Waals surface area (Å²) in [6, 6.07) is 17.9. The molecule has 1 amide bonds. The fourth-order valence-corrected chi connectivity index (χ4v) is 3.48. The van der Waals surface area contributed by atoms with Crippen LogP contribution in [0.25, 0.3) is 0 Å². The molecule has 1 aliphatic carbocycles. The maximum Gasteiger partial charge on any atom is 0.247 e. The molecule has 0 unspecified atom stereocenters. The van der Waals surface area contributed by atoms with Gasteiger partial charge >= 0.3 is 0 Å². The Balaban J connectivity index is 1.97. The molecule has 2 aromatic rings. The van der Waals surface area contributed by atoms with E-state index < -0.39 is 0 Å². The minimum atomic E-state index is -0.320. The normalized spacial score (nSPS) is 24.2. The van der Waals surface area contributed by atoms with Gasteiger partial charge in [0.05, 0.1) is 5.92 Å². The molecule has 4 heteroatoms. The number of carbonyl (C=O) groups excluding carboxylic acids is 1. The highest BCUT2D eigenvalue weighted by molar-refractivity contribution is 9.10. The Morgan fingerprint density at radius 1 is 1.00 bits per heavy atom. The quantitative estimate of drug-likeness (QED) is 0.668. The lowest BCUT2D eigenvalue weighted by Gasteiger charge is -2.03. The second-order valence-electron chi connectivity index (χ2n) is 4.99. The summed E-state index contributed by atoms with van der Waals surface area (Å²) in [7, 11) is 0. The Kier molecular flexibility index (Phi) is 3.59. The van der Waals surface area contributed by atoms with E-state index in [2.05, 4.69) is 15.9 Å². The number of benzene rings is 2. The van der Waals surface area contributed by atoms with Gasteiger partial charge in [0.1, 0.15) is 0 Å². The Morgan fingerprint density at radius 2 is 1.65 bits per heavy atom. The summed E-state index contributed by atoms with van der Waals surface area (Å²) in [5.41, 5.74) is 4.02. The van der Waals surface area contributed by atoms with Gasteiger partial charge in [-0.15, -0.1) is 0 Å². The molecule has 20 heavy (non-hydrogen) atoms. The highest BCUT2D eigenvalue weighted by atomic mass is 79.9. The van der Waals surface area contributed by atoms with E-state index in [1.54, 1.807) is 5.48 Å². The Bertz CT molecular complexity index is 629. The van der Waals surface area contributed by atoms with Gasteiger partial charge in [-0.1, -0.05) is 64.5 Å². The van der Waals surface area contributed by atoms with Crippen LogP contribution < -0.4 is 5.48 Å². The summed E-state index contributed by atoms with van der Waals surface area (Å²) in [4.78, 5) is 11.9. The topological polar surface area (TPSA) is 49.3 Å². The molecule has 0 heterocycles. The van der Waals surface area contributed by atoms with Gasteiger partial charge in [-0.2, -0.15) is 0 Å². The van der Waals surface area contributed by atoms with Crippen molar-refractivity contribution in [3.63, 3.8) is 0 Å². The van der Waals surface area contributed by atoms with Gasteiger partial charge in [0, 0.05) is 16.3 Å². The van der Waals surface area contributed by atoms with Crippen LogP contribution in [0.1, 0.15) is 23.0 Å². The first-order valence-corrected chi connectivity index (χ1v) is 7.26. The molecule has 1 fully saturated rings. The maximum atomic E-state index is 11.9. The summed E-state index contributed by atoms with van der Waals surface area (Å²) in [6.07, 6.45) is 0. The van der Waals surface area contributed by atoms with Crippen LogP contribution in [0.4, 0.5) is 0 Å². The second kappa shape index (κ2) is 5.38. The minimum Gasteiger partial charge on any atom is -0.289 e. The van der Waals surface area contributed by atoms with Gasteiger partial charge in [-0.3, -0.25) is 10.0 Å². The summed E-state index contributed by atoms with van der Waals surface area (Å²) in [5.74, 6) is -0.331. The van der Waals surface area contributed by atoms with E-state index in [0.29, 0.717) is 0 Å². The van der Waals surface area contributed by atoms with Crippen molar-refractivity contribution in [2.45, 2.75) is 11.8 Å². The van der Waals surface area contributed by atoms with Gasteiger partial charge in [0.2, 0.25) is 5.91 Å². The molecule has 0 saturated heterocycles. The number of rotatable bonds is 3. The van der Waals surface area contributed by atoms with Crippen LogP contribution in [-0.4, -0.2) is 11.1 Å². The van der Waals surface area contributed by atoms with Crippen molar-refractivity contribution in [2.24, 2.45) is 5.92 Å². The molecule has 0 spiro atoms. The average molecular weight is 332 g/mol. The molecule has 0 aromatic heterocycles. The van der Waals surface area contributed by atoms with E-state index in [1.807, 2.05) is 54.6 Å². The number of hydroxylamine groups is 1. The number of carbonyl (C=O) groups is 1. The Labute approximate surface area is 125 Å². The number of nitrogens with one attached hydrogen (secondary N) is 1. The van der Waals surface area contributed by atoms with Crippen LogP contribution in [0.15, 0.2) is 59.1 Å². The van der Waals surface area contributed by atoms with E-state index in [-0.39, 0.29) is 23.7 Å². The van der Waals surface area contributed by atoms with Crippen LogP contribution in [-0.2, 0) is 4.79 Å². The number of hydrogen-bond donors (Lipinski definition) is 2. The zero-order chi connectivity index (χ0) is 14.1. The highest BCUT2D eigenvalue weighted by Gasteiger charge is 2.56. The number of hydrogen-bond acceptors (Lipinski definition) is 2. The van der Waals surface area contributed by atoms with Crippen molar-refractivity contribution in [3.8, 4) is 0 Å². The van der Waals surface area contributed by atoms with Gasteiger partial charge in [0.15, 0.2) is 0 Å². The first-order chi connectivity index (χ1) is 9.74.